The molecule has 3 N–H and O–H groups in total. The van der Waals surface area contributed by atoms with E-state index >= 15 is 0 Å². The van der Waals surface area contributed by atoms with Gasteiger partial charge in [-0.1, -0.05) is 30.9 Å². The molecule has 1 aromatic heterocycles. The summed E-state index contributed by atoms with van der Waals surface area (Å²) in [5.41, 5.74) is 8.91. The second kappa shape index (κ2) is 12.9. The SMILES string of the molecule is C=C/C=C(\C=C)OO.Cc1cc(Oc2cc(NC(=O)C3CC3)ncn2)ccc1[NH-].[Y]. The molecule has 1 aliphatic carbocycles. The van der Waals surface area contributed by atoms with Crippen LogP contribution in [0.3, 0.4) is 0 Å². The fourth-order valence-electron chi connectivity index (χ4n) is 2.11. The van der Waals surface area contributed by atoms with Crippen LogP contribution in [-0.4, -0.2) is 21.1 Å². The topological polar surface area (TPSA) is 117 Å². The molecule has 1 fully saturated rings. The Balaban J connectivity index is 0.000000431. The maximum atomic E-state index is 11.7. The first kappa shape index (κ1) is 25.5. The van der Waals surface area contributed by atoms with Crippen molar-refractivity contribution in [2.24, 2.45) is 5.92 Å². The van der Waals surface area contributed by atoms with E-state index in [0.717, 1.165) is 18.4 Å². The summed E-state index contributed by atoms with van der Waals surface area (Å²) >= 11 is 0. The van der Waals surface area contributed by atoms with Crippen LogP contribution in [0.4, 0.5) is 11.5 Å². The quantitative estimate of drug-likeness (QED) is 0.237. The molecule has 9 heteroatoms. The number of nitrogens with zero attached hydrogens (tertiary/aromatic N) is 2. The molecule has 0 atom stereocenters. The molecule has 0 unspecified atom stereocenters. The van der Waals surface area contributed by atoms with E-state index in [1.54, 1.807) is 24.3 Å². The molecule has 0 aliphatic heterocycles. The number of hydrogen-bond acceptors (Lipinski definition) is 6. The number of nitrogens with one attached hydrogen (secondary N) is 2. The summed E-state index contributed by atoms with van der Waals surface area (Å²) in [6.45, 7) is 8.57. The fourth-order valence-corrected chi connectivity index (χ4v) is 2.11. The predicted molar refractivity (Wildman–Crippen MR) is 111 cm³/mol. The van der Waals surface area contributed by atoms with Crippen LogP contribution in [0.25, 0.3) is 5.73 Å². The second-order valence-corrected chi connectivity index (χ2v) is 6.18. The molecular weight excluding hydrogens is 461 g/mol. The number of allylic oxidation sites excluding steroid dienone is 3. The number of aryl methyl sites for hydroxylation is 1. The van der Waals surface area contributed by atoms with Gasteiger partial charge < -0.3 is 20.7 Å². The van der Waals surface area contributed by atoms with Crippen LogP contribution in [0.2, 0.25) is 0 Å². The molecule has 1 aromatic carbocycles. The third kappa shape index (κ3) is 8.45. The van der Waals surface area contributed by atoms with E-state index in [9.17, 15) is 4.79 Å². The van der Waals surface area contributed by atoms with Gasteiger partial charge in [0.25, 0.3) is 0 Å². The fraction of sp³-hybridized carbons (Fsp3) is 0.190. The van der Waals surface area contributed by atoms with E-state index in [1.165, 1.54) is 24.6 Å². The van der Waals surface area contributed by atoms with Crippen LogP contribution in [-0.2, 0) is 42.4 Å². The Labute approximate surface area is 200 Å². The predicted octanol–water partition coefficient (Wildman–Crippen LogP) is 5.34. The van der Waals surface area contributed by atoms with Gasteiger partial charge in [-0.2, -0.15) is 0 Å². The Morgan fingerprint density at radius 1 is 1.30 bits per heavy atom. The number of amides is 1. The van der Waals surface area contributed by atoms with Crippen LogP contribution >= 0.6 is 0 Å². The van der Waals surface area contributed by atoms with E-state index in [0.29, 0.717) is 28.9 Å². The largest absolute Gasteiger partial charge is 0.699 e. The van der Waals surface area contributed by atoms with Crippen LogP contribution in [0.15, 0.2) is 67.7 Å². The Kier molecular flexibility index (Phi) is 11.0. The minimum absolute atomic E-state index is 0. The summed E-state index contributed by atoms with van der Waals surface area (Å²) in [5.74, 6) is 1.80. The van der Waals surface area contributed by atoms with Gasteiger partial charge in [0.15, 0.2) is 5.76 Å². The Morgan fingerprint density at radius 3 is 2.57 bits per heavy atom. The molecular formula is C21H23N4O4Y-. The molecule has 1 amide bonds. The summed E-state index contributed by atoms with van der Waals surface area (Å²) in [4.78, 5) is 23.5. The Morgan fingerprint density at radius 2 is 2.03 bits per heavy atom. The zero-order chi connectivity index (χ0) is 21.2. The molecule has 1 heterocycles. The third-order valence-electron chi connectivity index (χ3n) is 3.85. The van der Waals surface area contributed by atoms with Crippen molar-refractivity contribution < 1.29 is 52.4 Å². The van der Waals surface area contributed by atoms with Crippen molar-refractivity contribution in [3.8, 4) is 11.6 Å². The molecule has 30 heavy (non-hydrogen) atoms. The summed E-state index contributed by atoms with van der Waals surface area (Å²) in [5, 5.41) is 10.7. The number of hydrogen-bond donors (Lipinski definition) is 2. The number of carbonyl (C=O) groups excluding carboxylic acids is 1. The first-order valence-corrected chi connectivity index (χ1v) is 8.86. The van der Waals surface area contributed by atoms with Gasteiger partial charge in [-0.3, -0.25) is 4.79 Å². The summed E-state index contributed by atoms with van der Waals surface area (Å²) in [6, 6.07) is 6.73. The average molecular weight is 484 g/mol. The summed E-state index contributed by atoms with van der Waals surface area (Å²) < 4.78 is 5.63. The molecule has 1 saturated carbocycles. The van der Waals surface area contributed by atoms with E-state index in [4.69, 9.17) is 15.7 Å². The number of anilines is 1. The van der Waals surface area contributed by atoms with E-state index in [2.05, 4.69) is 33.3 Å². The van der Waals surface area contributed by atoms with E-state index in [1.807, 2.05) is 6.92 Å². The molecule has 1 aliphatic rings. The van der Waals surface area contributed by atoms with E-state index < -0.39 is 0 Å². The first-order chi connectivity index (χ1) is 14.0. The number of ether oxygens (including phenoxy) is 1. The van der Waals surface area contributed by atoms with Crippen molar-refractivity contribution in [2.75, 3.05) is 5.32 Å². The Bertz CT molecular complexity index is 914. The summed E-state index contributed by atoms with van der Waals surface area (Å²) in [7, 11) is 0. The van der Waals surface area contributed by atoms with Crippen molar-refractivity contribution in [3.63, 3.8) is 0 Å². The van der Waals surface area contributed by atoms with Crippen molar-refractivity contribution in [3.05, 3.63) is 79.0 Å². The third-order valence-corrected chi connectivity index (χ3v) is 3.85. The Hall–Kier alpha value is -2.55. The van der Waals surface area contributed by atoms with Crippen LogP contribution in [0.5, 0.6) is 11.6 Å². The number of benzene rings is 1. The van der Waals surface area contributed by atoms with Crippen molar-refractivity contribution in [1.82, 2.24) is 9.97 Å². The molecule has 0 saturated heterocycles. The van der Waals surface area contributed by atoms with Crippen molar-refractivity contribution >= 4 is 17.4 Å². The average Bonchev–Trinajstić information content (AvgIpc) is 3.55. The molecule has 3 rings (SSSR count). The van der Waals surface area contributed by atoms with Gasteiger partial charge in [-0.15, -0.1) is 5.69 Å². The van der Waals surface area contributed by atoms with Gasteiger partial charge in [-0.25, -0.2) is 15.2 Å². The maximum Gasteiger partial charge on any atom is 0.228 e. The molecule has 0 bridgehead atoms. The standard InChI is InChI=1S/C15H15N4O2.C6H8O2.Y/c1-9-6-11(4-5-12(9)16)21-14-7-13(17-8-18-14)19-15(20)10-2-3-10;1-3-5-6(4-2)8-7;/h4-8,10,16H,2-3H2,1H3,(H,17,18,19,20);3-5,7H,1-2H2;/q-1;;/b;6-5+;. The molecule has 0 spiro atoms. The zero-order valence-electron chi connectivity index (χ0n) is 16.7. The number of carbonyl (C=O) groups is 1. The minimum Gasteiger partial charge on any atom is -0.699 e. The van der Waals surface area contributed by atoms with Gasteiger partial charge in [0.05, 0.1) is 0 Å². The van der Waals surface area contributed by atoms with Crippen molar-refractivity contribution in [2.45, 2.75) is 19.8 Å². The van der Waals surface area contributed by atoms with E-state index in [-0.39, 0.29) is 44.5 Å². The smallest absolute Gasteiger partial charge is 0.228 e. The monoisotopic (exact) mass is 484 g/mol. The number of rotatable bonds is 7. The van der Waals surface area contributed by atoms with Crippen LogP contribution < -0.4 is 10.1 Å². The second-order valence-electron chi connectivity index (χ2n) is 6.18. The minimum atomic E-state index is -0.00551. The normalized spacial score (nSPS) is 12.4. The van der Waals surface area contributed by atoms with Crippen LogP contribution in [0, 0.1) is 12.8 Å². The molecule has 1 radical (unpaired) electrons. The molecule has 155 valence electrons. The first-order valence-electron chi connectivity index (χ1n) is 8.86. The van der Waals surface area contributed by atoms with Gasteiger partial charge in [0.2, 0.25) is 11.8 Å². The van der Waals surface area contributed by atoms with Crippen LogP contribution in [0.1, 0.15) is 18.4 Å². The zero-order valence-corrected chi connectivity index (χ0v) is 19.5. The maximum absolute atomic E-state index is 11.7. The number of aromatic nitrogens is 2. The van der Waals surface area contributed by atoms with Gasteiger partial charge in [0.1, 0.15) is 17.9 Å². The van der Waals surface area contributed by atoms with Gasteiger partial charge >= 0.3 is 0 Å². The van der Waals surface area contributed by atoms with Gasteiger partial charge in [-0.05, 0) is 44.1 Å². The summed E-state index contributed by atoms with van der Waals surface area (Å²) in [6.07, 6.45) is 7.60. The van der Waals surface area contributed by atoms with Crippen molar-refractivity contribution in [1.29, 1.82) is 0 Å². The molecule has 2 aromatic rings. The van der Waals surface area contributed by atoms with Gasteiger partial charge in [0, 0.05) is 44.7 Å². The molecule has 8 nitrogen and oxygen atoms in total.